The zero-order chi connectivity index (χ0) is 25.9. The summed E-state index contributed by atoms with van der Waals surface area (Å²) in [5.41, 5.74) is 1.16. The quantitative estimate of drug-likeness (QED) is 0.337. The third-order valence-electron chi connectivity index (χ3n) is 6.85. The Morgan fingerprint density at radius 1 is 0.838 bits per heavy atom. The maximum atomic E-state index is 13.5. The number of amides is 1. The molecular formula is C29H26BrN3O4. The Hall–Kier alpha value is -3.78. The second-order valence-electron chi connectivity index (χ2n) is 9.36. The molecule has 1 aliphatic carbocycles. The summed E-state index contributed by atoms with van der Waals surface area (Å²) in [6.07, 6.45) is 4.28. The first kappa shape index (κ1) is 24.9. The van der Waals surface area contributed by atoms with E-state index in [1.165, 1.54) is 4.57 Å². The molecule has 3 aromatic carbocycles. The Balaban J connectivity index is 1.45. The molecule has 1 aliphatic rings. The van der Waals surface area contributed by atoms with Gasteiger partial charge in [0.15, 0.2) is 5.78 Å². The van der Waals surface area contributed by atoms with Gasteiger partial charge in [0.2, 0.25) is 0 Å². The smallest absolute Gasteiger partial charge is 0.332 e. The van der Waals surface area contributed by atoms with Crippen LogP contribution >= 0.6 is 15.9 Å². The van der Waals surface area contributed by atoms with Crippen LogP contribution in [0, 0.1) is 0 Å². The molecule has 1 N–H and O–H groups in total. The molecule has 5 rings (SSSR count). The van der Waals surface area contributed by atoms with E-state index in [4.69, 9.17) is 0 Å². The molecule has 1 amide bonds. The summed E-state index contributed by atoms with van der Waals surface area (Å²) in [4.78, 5) is 52.3. The van der Waals surface area contributed by atoms with Crippen molar-refractivity contribution >= 4 is 38.5 Å². The van der Waals surface area contributed by atoms with E-state index < -0.39 is 11.2 Å². The molecule has 1 heterocycles. The predicted octanol–water partition coefficient (Wildman–Crippen LogP) is 4.53. The molecule has 0 saturated heterocycles. The van der Waals surface area contributed by atoms with Crippen molar-refractivity contribution in [3.8, 4) is 0 Å². The van der Waals surface area contributed by atoms with E-state index in [1.54, 1.807) is 72.8 Å². The van der Waals surface area contributed by atoms with Gasteiger partial charge in [0.05, 0.1) is 24.0 Å². The van der Waals surface area contributed by atoms with Crippen LogP contribution in [0.1, 0.15) is 52.0 Å². The number of nitrogens with one attached hydrogen (secondary N) is 1. The van der Waals surface area contributed by atoms with Crippen LogP contribution in [0.3, 0.4) is 0 Å². The summed E-state index contributed by atoms with van der Waals surface area (Å²) in [7, 11) is 0. The number of ketones is 1. The molecule has 8 heteroatoms. The summed E-state index contributed by atoms with van der Waals surface area (Å²) < 4.78 is 3.34. The molecule has 0 aliphatic heterocycles. The third kappa shape index (κ3) is 5.34. The number of benzene rings is 3. The van der Waals surface area contributed by atoms with E-state index in [-0.39, 0.29) is 30.8 Å². The molecule has 0 radical (unpaired) electrons. The van der Waals surface area contributed by atoms with Gasteiger partial charge in [0.25, 0.3) is 11.5 Å². The number of para-hydroxylation sites is 1. The summed E-state index contributed by atoms with van der Waals surface area (Å²) in [6, 6.07) is 20.9. The number of carbonyl (C=O) groups is 2. The molecule has 1 saturated carbocycles. The number of aromatic nitrogens is 2. The Morgan fingerprint density at radius 3 is 2.19 bits per heavy atom. The number of hydrogen-bond donors (Lipinski definition) is 1. The third-order valence-corrected chi connectivity index (χ3v) is 7.38. The van der Waals surface area contributed by atoms with Crippen molar-refractivity contribution in [3.05, 3.63) is 115 Å². The van der Waals surface area contributed by atoms with Gasteiger partial charge in [-0.05, 0) is 54.8 Å². The Morgan fingerprint density at radius 2 is 1.49 bits per heavy atom. The molecule has 0 bridgehead atoms. The zero-order valence-corrected chi connectivity index (χ0v) is 21.7. The van der Waals surface area contributed by atoms with E-state index in [1.807, 2.05) is 0 Å². The minimum Gasteiger partial charge on any atom is -0.349 e. The van der Waals surface area contributed by atoms with Crippen molar-refractivity contribution in [1.82, 2.24) is 14.5 Å². The Labute approximate surface area is 221 Å². The van der Waals surface area contributed by atoms with E-state index in [2.05, 4.69) is 21.2 Å². The number of hydrogen-bond acceptors (Lipinski definition) is 4. The normalized spacial score (nSPS) is 13.6. The monoisotopic (exact) mass is 559 g/mol. The minimum absolute atomic E-state index is 0.0273. The van der Waals surface area contributed by atoms with Gasteiger partial charge in [0.1, 0.15) is 0 Å². The van der Waals surface area contributed by atoms with Crippen LogP contribution in [-0.2, 0) is 13.1 Å². The van der Waals surface area contributed by atoms with Crippen LogP contribution in [-0.4, -0.2) is 26.9 Å². The number of rotatable bonds is 7. The van der Waals surface area contributed by atoms with Crippen molar-refractivity contribution in [3.63, 3.8) is 0 Å². The fourth-order valence-electron chi connectivity index (χ4n) is 4.82. The van der Waals surface area contributed by atoms with E-state index in [9.17, 15) is 19.2 Å². The van der Waals surface area contributed by atoms with E-state index in [0.717, 1.165) is 34.7 Å². The molecule has 188 valence electrons. The van der Waals surface area contributed by atoms with Crippen molar-refractivity contribution in [2.75, 3.05) is 0 Å². The largest absolute Gasteiger partial charge is 0.349 e. The van der Waals surface area contributed by atoms with Crippen molar-refractivity contribution < 1.29 is 9.59 Å². The maximum Gasteiger partial charge on any atom is 0.332 e. The highest BCUT2D eigenvalue weighted by Gasteiger charge is 2.19. The van der Waals surface area contributed by atoms with E-state index in [0.29, 0.717) is 27.6 Å². The zero-order valence-electron chi connectivity index (χ0n) is 20.2. The first-order valence-electron chi connectivity index (χ1n) is 12.3. The highest BCUT2D eigenvalue weighted by atomic mass is 79.9. The van der Waals surface area contributed by atoms with Gasteiger partial charge in [-0.25, -0.2) is 4.79 Å². The highest BCUT2D eigenvalue weighted by Crippen LogP contribution is 2.18. The molecule has 4 aromatic rings. The van der Waals surface area contributed by atoms with Gasteiger partial charge in [-0.2, -0.15) is 0 Å². The van der Waals surface area contributed by atoms with Gasteiger partial charge < -0.3 is 5.32 Å². The van der Waals surface area contributed by atoms with Gasteiger partial charge in [-0.15, -0.1) is 0 Å². The fraction of sp³-hybridized carbons (Fsp3) is 0.241. The van der Waals surface area contributed by atoms with Gasteiger partial charge in [-0.3, -0.25) is 23.5 Å². The lowest BCUT2D eigenvalue weighted by Gasteiger charge is -2.14. The van der Waals surface area contributed by atoms with Gasteiger partial charge in [-0.1, -0.05) is 65.2 Å². The predicted molar refractivity (Wildman–Crippen MR) is 146 cm³/mol. The highest BCUT2D eigenvalue weighted by molar-refractivity contribution is 9.10. The summed E-state index contributed by atoms with van der Waals surface area (Å²) in [5.74, 6) is -0.349. The molecule has 1 fully saturated rings. The second kappa shape index (κ2) is 10.7. The average Bonchev–Trinajstić information content (AvgIpc) is 3.42. The van der Waals surface area contributed by atoms with Crippen molar-refractivity contribution in [2.24, 2.45) is 0 Å². The standard InChI is InChI=1S/C29H26BrN3O4/c30-22-15-13-20(14-16-22)26(34)18-32-25-8-4-3-7-24(25)28(36)33(29(32)37)17-19-9-11-21(12-10-19)27(35)31-23-5-1-2-6-23/h3-4,7-16,23H,1-2,5-6,17-18H2,(H,31,35). The minimum atomic E-state index is -0.558. The first-order valence-corrected chi connectivity index (χ1v) is 13.1. The lowest BCUT2D eigenvalue weighted by atomic mass is 10.1. The van der Waals surface area contributed by atoms with Crippen molar-refractivity contribution in [2.45, 2.75) is 44.8 Å². The number of nitrogens with zero attached hydrogens (tertiary/aromatic N) is 2. The number of halogens is 1. The second-order valence-corrected chi connectivity index (χ2v) is 10.3. The number of carbonyl (C=O) groups excluding carboxylic acids is 2. The lowest BCUT2D eigenvalue weighted by Crippen LogP contribution is -2.41. The van der Waals surface area contributed by atoms with Crippen molar-refractivity contribution in [1.29, 1.82) is 0 Å². The van der Waals surface area contributed by atoms with Crippen LogP contribution in [0.4, 0.5) is 0 Å². The molecule has 0 spiro atoms. The fourth-order valence-corrected chi connectivity index (χ4v) is 5.08. The van der Waals surface area contributed by atoms with E-state index >= 15 is 0 Å². The molecule has 0 atom stereocenters. The topological polar surface area (TPSA) is 90.2 Å². The van der Waals surface area contributed by atoms with Gasteiger partial charge in [0, 0.05) is 21.6 Å². The maximum absolute atomic E-state index is 13.5. The van der Waals surface area contributed by atoms with Crippen LogP contribution in [0.5, 0.6) is 0 Å². The van der Waals surface area contributed by atoms with Crippen LogP contribution in [0.25, 0.3) is 10.9 Å². The SMILES string of the molecule is O=C(Cn1c(=O)n(Cc2ccc(C(=O)NC3CCCC3)cc2)c(=O)c2ccccc21)c1ccc(Br)cc1. The van der Waals surface area contributed by atoms with Gasteiger partial charge >= 0.3 is 5.69 Å². The molecule has 0 unspecified atom stereocenters. The average molecular weight is 560 g/mol. The first-order chi connectivity index (χ1) is 17.9. The van der Waals surface area contributed by atoms with Crippen LogP contribution in [0.2, 0.25) is 0 Å². The molecule has 37 heavy (non-hydrogen) atoms. The lowest BCUT2D eigenvalue weighted by molar-refractivity contribution is 0.0936. The summed E-state index contributed by atoms with van der Waals surface area (Å²) in [5, 5.41) is 3.42. The Bertz CT molecular complexity index is 1580. The summed E-state index contributed by atoms with van der Waals surface area (Å²) in [6.45, 7) is -0.166. The molecule has 7 nitrogen and oxygen atoms in total. The van der Waals surface area contributed by atoms with Crippen LogP contribution in [0.15, 0.2) is 86.9 Å². The Kier molecular flexibility index (Phi) is 7.19. The summed E-state index contributed by atoms with van der Waals surface area (Å²) >= 11 is 3.36. The van der Waals surface area contributed by atoms with Crippen LogP contribution < -0.4 is 16.6 Å². The molecule has 1 aromatic heterocycles. The molecular weight excluding hydrogens is 534 g/mol. The number of Topliss-reactive ketones (excluding diaryl/α,β-unsaturated/α-hetero) is 1. The number of fused-ring (bicyclic) bond motifs is 1.